The van der Waals surface area contributed by atoms with Crippen molar-refractivity contribution in [2.45, 2.75) is 59.0 Å². The van der Waals surface area contributed by atoms with Crippen LogP contribution in [0.2, 0.25) is 0 Å². The number of thiazole rings is 1. The van der Waals surface area contributed by atoms with Gasteiger partial charge in [-0.15, -0.1) is 11.3 Å². The third-order valence-corrected chi connectivity index (χ3v) is 8.79. The largest absolute Gasteiger partial charge is 0.473 e. The van der Waals surface area contributed by atoms with E-state index in [0.29, 0.717) is 78.1 Å². The molecular weight excluding hydrogens is 624 g/mol. The third-order valence-electron chi connectivity index (χ3n) is 7.81. The zero-order valence-electron chi connectivity index (χ0n) is 27.9. The lowest BCUT2D eigenvalue weighted by atomic mass is 9.91. The lowest BCUT2D eigenvalue weighted by Gasteiger charge is -2.28. The highest BCUT2D eigenvalue weighted by molar-refractivity contribution is 7.13. The predicted octanol–water partition coefficient (Wildman–Crippen LogP) is 4.62. The normalized spacial score (nSPS) is 15.3. The maximum absolute atomic E-state index is 13.8. The molecule has 1 N–H and O–H groups in total. The summed E-state index contributed by atoms with van der Waals surface area (Å²) in [4.78, 5) is 34.2. The van der Waals surface area contributed by atoms with E-state index in [4.69, 9.17) is 28.2 Å². The number of rotatable bonds is 21. The van der Waals surface area contributed by atoms with Crippen LogP contribution in [-0.2, 0) is 35.1 Å². The smallest absolute Gasteiger partial charge is 0.254 e. The molecule has 3 heterocycles. The summed E-state index contributed by atoms with van der Waals surface area (Å²) in [5.41, 5.74) is 4.94. The van der Waals surface area contributed by atoms with Crippen molar-refractivity contribution in [1.29, 1.82) is 0 Å². The fourth-order valence-corrected chi connectivity index (χ4v) is 6.18. The van der Waals surface area contributed by atoms with Crippen LogP contribution in [-0.4, -0.2) is 98.9 Å². The number of aromatic nitrogens is 2. The average Bonchev–Trinajstić information content (AvgIpc) is 3.84. The van der Waals surface area contributed by atoms with Crippen molar-refractivity contribution < 1.29 is 37.8 Å². The highest BCUT2D eigenvalue weighted by Gasteiger charge is 2.40. The highest BCUT2D eigenvalue weighted by atomic mass is 32.1. The van der Waals surface area contributed by atoms with Gasteiger partial charge >= 0.3 is 0 Å². The van der Waals surface area contributed by atoms with Gasteiger partial charge in [0.2, 0.25) is 11.8 Å². The first kappa shape index (κ1) is 36.5. The first-order valence-corrected chi connectivity index (χ1v) is 17.2. The van der Waals surface area contributed by atoms with Crippen LogP contribution in [0.5, 0.6) is 5.88 Å². The number of aryl methyl sites for hydroxylation is 1. The maximum atomic E-state index is 13.8. The van der Waals surface area contributed by atoms with Crippen molar-refractivity contribution in [1.82, 2.24) is 20.4 Å². The van der Waals surface area contributed by atoms with Crippen molar-refractivity contribution in [3.05, 3.63) is 52.9 Å². The van der Waals surface area contributed by atoms with Crippen LogP contribution in [0.25, 0.3) is 10.4 Å². The SMILES string of the molecule is CCOCCOCCOCCOCCOc1cc(C(C(=O)N2CCCC2C(=O)NCc2ccc(-c3scnc3C)cc2)C(C)C)on1. The Morgan fingerprint density at radius 2 is 1.66 bits per heavy atom. The van der Waals surface area contributed by atoms with E-state index in [1.807, 2.05) is 57.5 Å². The van der Waals surface area contributed by atoms with Gasteiger partial charge in [-0.25, -0.2) is 4.98 Å². The molecule has 13 heteroatoms. The molecule has 47 heavy (non-hydrogen) atoms. The van der Waals surface area contributed by atoms with Gasteiger partial charge in [0.05, 0.1) is 62.3 Å². The fourth-order valence-electron chi connectivity index (χ4n) is 5.37. The molecule has 2 atom stereocenters. The number of likely N-dealkylation sites (tertiary alicyclic amines) is 1. The number of hydrogen-bond donors (Lipinski definition) is 1. The molecule has 1 aliphatic rings. The number of carbonyl (C=O) groups is 2. The summed E-state index contributed by atoms with van der Waals surface area (Å²) < 4.78 is 32.9. The minimum atomic E-state index is -0.590. The second-order valence-corrected chi connectivity index (χ2v) is 12.4. The van der Waals surface area contributed by atoms with Gasteiger partial charge in [-0.05, 0) is 48.9 Å². The quantitative estimate of drug-likeness (QED) is 0.160. The van der Waals surface area contributed by atoms with Crippen molar-refractivity contribution >= 4 is 23.2 Å². The number of carbonyl (C=O) groups excluding carboxylic acids is 2. The Bertz CT molecular complexity index is 1360. The molecule has 2 unspecified atom stereocenters. The van der Waals surface area contributed by atoms with Gasteiger partial charge in [0.1, 0.15) is 18.6 Å². The summed E-state index contributed by atoms with van der Waals surface area (Å²) in [5, 5.41) is 7.05. The molecule has 0 saturated carbocycles. The van der Waals surface area contributed by atoms with Crippen LogP contribution < -0.4 is 10.1 Å². The van der Waals surface area contributed by atoms with E-state index in [1.54, 1.807) is 22.3 Å². The molecule has 0 aliphatic carbocycles. The molecule has 2 amide bonds. The first-order chi connectivity index (χ1) is 22.9. The molecule has 258 valence electrons. The Balaban J connectivity index is 1.19. The molecule has 1 fully saturated rings. The Morgan fingerprint density at radius 1 is 1.00 bits per heavy atom. The molecule has 0 bridgehead atoms. The van der Waals surface area contributed by atoms with Crippen molar-refractivity contribution in [3.63, 3.8) is 0 Å². The predicted molar refractivity (Wildman–Crippen MR) is 177 cm³/mol. The fraction of sp³-hybridized carbons (Fsp3) is 0.588. The van der Waals surface area contributed by atoms with E-state index in [0.717, 1.165) is 28.1 Å². The van der Waals surface area contributed by atoms with Crippen molar-refractivity contribution in [2.75, 3.05) is 66.0 Å². The van der Waals surface area contributed by atoms with Crippen LogP contribution in [0.1, 0.15) is 56.5 Å². The molecule has 2 aromatic heterocycles. The topological polar surface area (TPSA) is 134 Å². The molecule has 0 radical (unpaired) electrons. The molecular formula is C34H48N4O8S. The Kier molecular flexibility index (Phi) is 15.1. The van der Waals surface area contributed by atoms with E-state index in [1.165, 1.54) is 0 Å². The van der Waals surface area contributed by atoms with Crippen molar-refractivity contribution in [3.8, 4) is 16.3 Å². The molecule has 4 rings (SSSR count). The molecule has 1 saturated heterocycles. The van der Waals surface area contributed by atoms with Gasteiger partial charge in [0.25, 0.3) is 5.88 Å². The second kappa shape index (κ2) is 19.5. The van der Waals surface area contributed by atoms with Crippen LogP contribution in [0.4, 0.5) is 0 Å². The van der Waals surface area contributed by atoms with Gasteiger partial charge in [0.15, 0.2) is 5.76 Å². The van der Waals surface area contributed by atoms with E-state index < -0.39 is 12.0 Å². The van der Waals surface area contributed by atoms with E-state index in [9.17, 15) is 9.59 Å². The monoisotopic (exact) mass is 672 g/mol. The van der Waals surface area contributed by atoms with E-state index in [2.05, 4.69) is 15.5 Å². The van der Waals surface area contributed by atoms with Gasteiger partial charge < -0.3 is 38.4 Å². The minimum absolute atomic E-state index is 0.0771. The second-order valence-electron chi connectivity index (χ2n) is 11.5. The minimum Gasteiger partial charge on any atom is -0.473 e. The van der Waals surface area contributed by atoms with Gasteiger partial charge in [-0.1, -0.05) is 38.1 Å². The zero-order chi connectivity index (χ0) is 33.4. The Labute approximate surface area is 281 Å². The number of nitrogens with one attached hydrogen (secondary N) is 1. The first-order valence-electron chi connectivity index (χ1n) is 16.4. The molecule has 0 spiro atoms. The standard InChI is InChI=1S/C34H48N4O8S/c1-5-41-13-14-42-15-16-43-17-18-44-19-20-45-30-21-29(46-37-30)31(24(2)3)34(40)38-12-6-7-28(38)33(39)35-22-26-8-10-27(11-9-26)32-25(4)36-23-47-32/h8-11,21,23-24,28,31H,5-7,12-20,22H2,1-4H3,(H,35,39). The number of nitrogens with zero attached hydrogens (tertiary/aromatic N) is 3. The van der Waals surface area contributed by atoms with E-state index in [-0.39, 0.29) is 30.2 Å². The number of ether oxygens (including phenoxy) is 5. The maximum Gasteiger partial charge on any atom is 0.254 e. The number of amides is 2. The summed E-state index contributed by atoms with van der Waals surface area (Å²) in [6.45, 7) is 13.1. The van der Waals surface area contributed by atoms with Gasteiger partial charge in [-0.3, -0.25) is 9.59 Å². The summed E-state index contributed by atoms with van der Waals surface area (Å²) in [7, 11) is 0. The number of benzene rings is 1. The van der Waals surface area contributed by atoms with Gasteiger partial charge in [-0.2, -0.15) is 0 Å². The van der Waals surface area contributed by atoms with Crippen LogP contribution in [0, 0.1) is 12.8 Å². The molecule has 3 aromatic rings. The Morgan fingerprint density at radius 3 is 2.28 bits per heavy atom. The summed E-state index contributed by atoms with van der Waals surface area (Å²) in [5.74, 6) is -0.264. The molecule has 1 aliphatic heterocycles. The van der Waals surface area contributed by atoms with Crippen LogP contribution in [0.15, 0.2) is 40.4 Å². The van der Waals surface area contributed by atoms with Gasteiger partial charge in [0, 0.05) is 25.8 Å². The Hall–Kier alpha value is -3.36. The van der Waals surface area contributed by atoms with E-state index >= 15 is 0 Å². The zero-order valence-corrected chi connectivity index (χ0v) is 28.7. The third kappa shape index (κ3) is 11.1. The average molecular weight is 673 g/mol. The van der Waals surface area contributed by atoms with Crippen LogP contribution >= 0.6 is 11.3 Å². The van der Waals surface area contributed by atoms with Crippen LogP contribution in [0.3, 0.4) is 0 Å². The lowest BCUT2D eigenvalue weighted by Crippen LogP contribution is -2.47. The molecule has 1 aromatic carbocycles. The summed E-state index contributed by atoms with van der Waals surface area (Å²) in [6.07, 6.45) is 1.37. The summed E-state index contributed by atoms with van der Waals surface area (Å²) in [6, 6.07) is 9.23. The van der Waals surface area contributed by atoms with Crippen molar-refractivity contribution in [2.24, 2.45) is 5.92 Å². The molecule has 12 nitrogen and oxygen atoms in total. The highest BCUT2D eigenvalue weighted by Crippen LogP contribution is 2.32. The summed E-state index contributed by atoms with van der Waals surface area (Å²) >= 11 is 1.61. The lowest BCUT2D eigenvalue weighted by molar-refractivity contribution is -0.140. The number of hydrogen-bond acceptors (Lipinski definition) is 11.